The van der Waals surface area contributed by atoms with E-state index in [0.29, 0.717) is 21.7 Å². The molecule has 1 aliphatic carbocycles. The molecular weight excluding hydrogens is 537 g/mol. The first-order valence-electron chi connectivity index (χ1n) is 13.1. The van der Waals surface area contributed by atoms with E-state index >= 15 is 4.39 Å². The van der Waals surface area contributed by atoms with E-state index in [4.69, 9.17) is 27.2 Å². The zero-order chi connectivity index (χ0) is 28.5. The van der Waals surface area contributed by atoms with E-state index in [0.717, 1.165) is 16.7 Å². The lowest BCUT2D eigenvalue weighted by Crippen LogP contribution is -2.42. The Labute approximate surface area is 242 Å². The van der Waals surface area contributed by atoms with E-state index in [-0.39, 0.29) is 12.2 Å². The molecule has 0 saturated carbocycles. The molecule has 0 fully saturated rings. The molecule has 5 aromatic rings. The Kier molecular flexibility index (Phi) is 7.09. The van der Waals surface area contributed by atoms with Crippen molar-refractivity contribution in [2.45, 2.75) is 17.7 Å². The van der Waals surface area contributed by atoms with Gasteiger partial charge in [-0.05, 0) is 45.7 Å². The zero-order valence-corrected chi connectivity index (χ0v) is 23.0. The molecule has 1 aromatic heterocycles. The van der Waals surface area contributed by atoms with Crippen molar-refractivity contribution in [1.29, 1.82) is 0 Å². The molecule has 1 unspecified atom stereocenters. The molecule has 6 nitrogen and oxygen atoms in total. The second-order valence-corrected chi connectivity index (χ2v) is 10.3. The van der Waals surface area contributed by atoms with Gasteiger partial charge in [0.2, 0.25) is 5.82 Å². The van der Waals surface area contributed by atoms with Gasteiger partial charge in [-0.15, -0.1) is 15.0 Å². The lowest BCUT2D eigenvalue weighted by atomic mass is 9.77. The molecule has 2 N–H and O–H groups in total. The lowest BCUT2D eigenvalue weighted by Gasteiger charge is -2.34. The number of tetrazole rings is 1. The summed E-state index contributed by atoms with van der Waals surface area (Å²) in [6, 6.07) is 37.0. The summed E-state index contributed by atoms with van der Waals surface area (Å²) in [5, 5.41) is 14.5. The van der Waals surface area contributed by atoms with Crippen LogP contribution in [0.1, 0.15) is 34.5 Å². The van der Waals surface area contributed by atoms with Crippen molar-refractivity contribution in [1.82, 2.24) is 20.2 Å². The molecule has 0 spiro atoms. The topological polar surface area (TPSA) is 78.9 Å². The summed E-state index contributed by atoms with van der Waals surface area (Å²) in [6.07, 6.45) is 1.51. The van der Waals surface area contributed by atoms with Gasteiger partial charge >= 0.3 is 0 Å². The largest absolute Gasteiger partial charge is 0.360 e. The number of hydrogen-bond acceptors (Lipinski definition) is 5. The molecule has 0 radical (unpaired) electrons. The van der Waals surface area contributed by atoms with Gasteiger partial charge in [-0.3, -0.25) is 5.73 Å². The first-order chi connectivity index (χ1) is 19.9. The average Bonchev–Trinajstić information content (AvgIpc) is 3.49. The van der Waals surface area contributed by atoms with Gasteiger partial charge in [0.15, 0.2) is 5.54 Å². The molecule has 1 atom stereocenters. The number of aromatic nitrogens is 4. The van der Waals surface area contributed by atoms with Gasteiger partial charge in [-0.25, -0.2) is 4.39 Å². The molecule has 0 bridgehead atoms. The molecule has 0 amide bonds. The number of allylic oxidation sites excluding steroid dienone is 2. The zero-order valence-electron chi connectivity index (χ0n) is 22.3. The van der Waals surface area contributed by atoms with Crippen LogP contribution < -0.4 is 5.73 Å². The maximum Gasteiger partial charge on any atom is 0.205 e. The van der Waals surface area contributed by atoms with Crippen LogP contribution in [0.15, 0.2) is 127 Å². The Balaban J connectivity index is 1.61. The van der Waals surface area contributed by atoms with E-state index in [1.165, 1.54) is 7.11 Å². The van der Waals surface area contributed by atoms with Crippen molar-refractivity contribution in [3.8, 4) is 0 Å². The maximum atomic E-state index is 15.9. The summed E-state index contributed by atoms with van der Waals surface area (Å²) in [4.78, 5) is 1.59. The number of nitrogens with zero attached hydrogens (tertiary/aromatic N) is 4. The average molecular weight is 564 g/mol. The first-order valence-corrected chi connectivity index (χ1v) is 13.5. The molecule has 1 heterocycles. The molecule has 204 valence electrons. The quantitative estimate of drug-likeness (QED) is 0.177. The highest BCUT2D eigenvalue weighted by Crippen LogP contribution is 2.43. The fraction of sp³-hybridized carbons (Fsp3) is 0.121. The Morgan fingerprint density at radius 3 is 1.93 bits per heavy atom. The minimum absolute atomic E-state index is 0.148. The van der Waals surface area contributed by atoms with Crippen molar-refractivity contribution < 1.29 is 9.13 Å². The fourth-order valence-corrected chi connectivity index (χ4v) is 5.65. The van der Waals surface area contributed by atoms with Crippen molar-refractivity contribution >= 4 is 22.7 Å². The van der Waals surface area contributed by atoms with E-state index in [2.05, 4.69) is 10.3 Å². The molecule has 1 aliphatic rings. The van der Waals surface area contributed by atoms with Crippen LogP contribution in [0, 0.1) is 0 Å². The molecule has 4 aromatic carbocycles. The normalized spacial score (nSPS) is 17.4. The van der Waals surface area contributed by atoms with E-state index in [1.807, 2.05) is 91.0 Å². The van der Waals surface area contributed by atoms with Crippen LogP contribution in [-0.4, -0.2) is 33.0 Å². The van der Waals surface area contributed by atoms with Gasteiger partial charge in [-0.2, -0.15) is 0 Å². The third kappa shape index (κ3) is 4.78. The Bertz CT molecular complexity index is 1640. The predicted molar refractivity (Wildman–Crippen MR) is 158 cm³/mol. The number of nitrogens with two attached hydrogens (primary N) is 1. The van der Waals surface area contributed by atoms with Crippen LogP contribution in [0.2, 0.25) is 5.02 Å². The molecule has 41 heavy (non-hydrogen) atoms. The van der Waals surface area contributed by atoms with Gasteiger partial charge in [0.1, 0.15) is 11.6 Å². The number of halogens is 2. The molecule has 6 rings (SSSR count). The minimum Gasteiger partial charge on any atom is -0.360 e. The monoisotopic (exact) mass is 563 g/mol. The summed E-state index contributed by atoms with van der Waals surface area (Å²) in [6.45, 7) is 0. The summed E-state index contributed by atoms with van der Waals surface area (Å²) >= 11 is 6.29. The number of hydrogen-bond donors (Lipinski definition) is 1. The van der Waals surface area contributed by atoms with Crippen molar-refractivity contribution in [2.24, 2.45) is 5.73 Å². The van der Waals surface area contributed by atoms with Crippen LogP contribution in [0.3, 0.4) is 0 Å². The Hall–Kier alpha value is -4.43. The van der Waals surface area contributed by atoms with E-state index in [9.17, 15) is 0 Å². The molecular formula is C33H27ClFN5O. The molecule has 8 heteroatoms. The van der Waals surface area contributed by atoms with Crippen molar-refractivity contribution in [3.63, 3.8) is 0 Å². The van der Waals surface area contributed by atoms with E-state index in [1.54, 1.807) is 35.1 Å². The smallest absolute Gasteiger partial charge is 0.205 e. The van der Waals surface area contributed by atoms with Gasteiger partial charge in [0.05, 0.1) is 0 Å². The highest BCUT2D eigenvalue weighted by atomic mass is 35.5. The van der Waals surface area contributed by atoms with Gasteiger partial charge in [0.25, 0.3) is 0 Å². The number of rotatable bonds is 7. The Morgan fingerprint density at radius 1 is 0.854 bits per heavy atom. The third-order valence-corrected chi connectivity index (χ3v) is 7.62. The minimum atomic E-state index is -1.39. The van der Waals surface area contributed by atoms with Crippen LogP contribution in [0.25, 0.3) is 11.1 Å². The fourth-order valence-electron chi connectivity index (χ4n) is 5.46. The van der Waals surface area contributed by atoms with Crippen LogP contribution in [0.4, 0.5) is 4.39 Å². The van der Waals surface area contributed by atoms with Gasteiger partial charge in [0, 0.05) is 29.7 Å². The maximum absolute atomic E-state index is 15.9. The Morgan fingerprint density at radius 2 is 1.41 bits per heavy atom. The van der Waals surface area contributed by atoms with Crippen molar-refractivity contribution in [2.75, 3.05) is 7.11 Å². The third-order valence-electron chi connectivity index (χ3n) is 7.38. The van der Waals surface area contributed by atoms with Gasteiger partial charge < -0.3 is 4.74 Å². The highest BCUT2D eigenvalue weighted by Gasteiger charge is 2.42. The summed E-state index contributed by atoms with van der Waals surface area (Å²) < 4.78 is 21.4. The first kappa shape index (κ1) is 26.8. The van der Waals surface area contributed by atoms with Crippen LogP contribution >= 0.6 is 11.6 Å². The van der Waals surface area contributed by atoms with E-state index < -0.39 is 17.1 Å². The standard InChI is InChI=1S/C33H27ClFN5O/c1-41-32(36)21-28(30(29(35)22-32)23-12-11-19-27(34)20-23)31-37-39-40(38-31)33(24-13-5-2-6-14-24,25-15-7-3-8-16-25)26-17-9-4-10-18-26/h2-21H,22,36H2,1H3. The SMILES string of the molecule is COC1(N)C=C(c2nnn(C(c3ccccc3)(c3ccccc3)c3ccccc3)n2)C(c2cccc(Cl)c2)=C(F)C1. The van der Waals surface area contributed by atoms with Crippen molar-refractivity contribution in [3.05, 3.63) is 160 Å². The predicted octanol–water partition coefficient (Wildman–Crippen LogP) is 6.64. The second kappa shape index (κ2) is 10.9. The summed E-state index contributed by atoms with van der Waals surface area (Å²) in [7, 11) is 1.45. The number of benzene rings is 4. The number of ether oxygens (including phenoxy) is 1. The van der Waals surface area contributed by atoms with Crippen LogP contribution in [0.5, 0.6) is 0 Å². The summed E-state index contributed by atoms with van der Waals surface area (Å²) in [5.41, 5.74) is 8.11. The second-order valence-electron chi connectivity index (χ2n) is 9.90. The lowest BCUT2D eigenvalue weighted by molar-refractivity contribution is 0.0337. The summed E-state index contributed by atoms with van der Waals surface area (Å²) in [5.74, 6) is -0.250. The number of methoxy groups -OCH3 is 1. The molecule has 0 saturated heterocycles. The molecule has 0 aliphatic heterocycles. The highest BCUT2D eigenvalue weighted by molar-refractivity contribution is 6.30. The van der Waals surface area contributed by atoms with Crippen LogP contribution in [-0.2, 0) is 10.3 Å². The van der Waals surface area contributed by atoms with Gasteiger partial charge in [-0.1, -0.05) is 115 Å².